The van der Waals surface area contributed by atoms with Crippen LogP contribution in [0.4, 0.5) is 0 Å². The zero-order valence-corrected chi connectivity index (χ0v) is 9.55. The van der Waals surface area contributed by atoms with Crippen LogP contribution < -0.4 is 4.57 Å². The van der Waals surface area contributed by atoms with E-state index in [2.05, 4.69) is 6.07 Å². The number of carboxylic acids is 1. The van der Waals surface area contributed by atoms with Crippen molar-refractivity contribution in [1.82, 2.24) is 4.57 Å². The van der Waals surface area contributed by atoms with Crippen LogP contribution in [0.25, 0.3) is 0 Å². The van der Waals surface area contributed by atoms with Crippen molar-refractivity contribution in [2.24, 2.45) is 0 Å². The van der Waals surface area contributed by atoms with Gasteiger partial charge in [0.2, 0.25) is 0 Å². The van der Waals surface area contributed by atoms with Gasteiger partial charge in [0, 0.05) is 6.42 Å². The van der Waals surface area contributed by atoms with E-state index in [1.165, 1.54) is 0 Å². The number of aromatic nitrogens is 2. The van der Waals surface area contributed by atoms with E-state index < -0.39 is 5.97 Å². The van der Waals surface area contributed by atoms with Crippen LogP contribution in [0.3, 0.4) is 0 Å². The monoisotopic (exact) mass is 222 g/mol. The van der Waals surface area contributed by atoms with Crippen molar-refractivity contribution in [3.8, 4) is 6.07 Å². The van der Waals surface area contributed by atoms with Gasteiger partial charge < -0.3 is 5.11 Å². The van der Waals surface area contributed by atoms with E-state index in [9.17, 15) is 4.79 Å². The lowest BCUT2D eigenvalue weighted by Crippen LogP contribution is -2.41. The van der Waals surface area contributed by atoms with Crippen molar-refractivity contribution in [2.75, 3.05) is 0 Å². The summed E-state index contributed by atoms with van der Waals surface area (Å²) in [4.78, 5) is 10.7. The molecular weight excluding hydrogens is 206 g/mol. The zero-order chi connectivity index (χ0) is 12.1. The summed E-state index contributed by atoms with van der Waals surface area (Å²) in [5.41, 5.74) is 0. The Bertz CT molecular complexity index is 417. The Hall–Kier alpha value is -1.83. The van der Waals surface area contributed by atoms with Gasteiger partial charge in [0.15, 0.2) is 12.6 Å². The molecule has 0 spiro atoms. The molecule has 1 heterocycles. The van der Waals surface area contributed by atoms with Crippen LogP contribution in [0.2, 0.25) is 0 Å². The standard InChI is InChI=1S/C11H15N3O2/c1-3-4-10-13(8-11(15)16)5-6-14(10)9(2)7-12/h5-6,9H,3-4,8H2,1-2H3/p+1. The molecule has 1 N–H and O–H groups in total. The quantitative estimate of drug-likeness (QED) is 0.752. The van der Waals surface area contributed by atoms with Gasteiger partial charge in [0.1, 0.15) is 18.5 Å². The number of carboxylic acid groups (broad SMARTS) is 1. The van der Waals surface area contributed by atoms with E-state index in [1.54, 1.807) is 23.9 Å². The minimum Gasteiger partial charge on any atom is -0.478 e. The van der Waals surface area contributed by atoms with Crippen LogP contribution in [0.15, 0.2) is 12.4 Å². The Morgan fingerprint density at radius 2 is 2.44 bits per heavy atom. The molecule has 1 unspecified atom stereocenters. The van der Waals surface area contributed by atoms with Crippen LogP contribution in [-0.4, -0.2) is 15.6 Å². The van der Waals surface area contributed by atoms with Crippen molar-refractivity contribution in [2.45, 2.75) is 39.3 Å². The average Bonchev–Trinajstić information content (AvgIpc) is 2.61. The van der Waals surface area contributed by atoms with Gasteiger partial charge in [0.25, 0.3) is 5.82 Å². The van der Waals surface area contributed by atoms with Gasteiger partial charge in [-0.25, -0.2) is 13.9 Å². The van der Waals surface area contributed by atoms with Gasteiger partial charge in [-0.1, -0.05) is 6.92 Å². The maximum Gasteiger partial charge on any atom is 0.346 e. The third-order valence-corrected chi connectivity index (χ3v) is 2.42. The summed E-state index contributed by atoms with van der Waals surface area (Å²) < 4.78 is 3.51. The van der Waals surface area contributed by atoms with Crippen molar-refractivity contribution >= 4 is 5.97 Å². The molecule has 1 rings (SSSR count). The van der Waals surface area contributed by atoms with Crippen LogP contribution >= 0.6 is 0 Å². The van der Waals surface area contributed by atoms with Crippen molar-refractivity contribution in [3.63, 3.8) is 0 Å². The maximum absolute atomic E-state index is 10.7. The molecule has 5 nitrogen and oxygen atoms in total. The van der Waals surface area contributed by atoms with Gasteiger partial charge in [-0.05, 0) is 13.3 Å². The second-order valence-electron chi connectivity index (χ2n) is 3.70. The molecular formula is C11H16N3O2+. The number of aliphatic carboxylic acids is 1. The lowest BCUT2D eigenvalue weighted by molar-refractivity contribution is -0.692. The topological polar surface area (TPSA) is 69.9 Å². The molecule has 0 amide bonds. The first kappa shape index (κ1) is 12.2. The lowest BCUT2D eigenvalue weighted by atomic mass is 10.3. The highest BCUT2D eigenvalue weighted by molar-refractivity contribution is 5.64. The molecule has 16 heavy (non-hydrogen) atoms. The number of hydrogen-bond acceptors (Lipinski definition) is 2. The number of carbonyl (C=O) groups is 1. The van der Waals surface area contributed by atoms with Crippen molar-refractivity contribution < 1.29 is 14.5 Å². The largest absolute Gasteiger partial charge is 0.478 e. The lowest BCUT2D eigenvalue weighted by Gasteiger charge is -2.03. The molecule has 0 fully saturated rings. The fourth-order valence-electron chi connectivity index (χ4n) is 1.67. The number of imidazole rings is 1. The summed E-state index contributed by atoms with van der Waals surface area (Å²) in [6.45, 7) is 3.77. The Kier molecular flexibility index (Phi) is 4.06. The first-order valence-electron chi connectivity index (χ1n) is 5.30. The van der Waals surface area contributed by atoms with E-state index in [-0.39, 0.29) is 12.6 Å². The molecule has 0 radical (unpaired) electrons. The molecule has 0 aliphatic carbocycles. The number of hydrogen-bond donors (Lipinski definition) is 1. The highest BCUT2D eigenvalue weighted by Crippen LogP contribution is 2.08. The van der Waals surface area contributed by atoms with Gasteiger partial charge in [-0.15, -0.1) is 0 Å². The van der Waals surface area contributed by atoms with Gasteiger partial charge in [-0.2, -0.15) is 5.26 Å². The minimum atomic E-state index is -0.871. The van der Waals surface area contributed by atoms with E-state index in [4.69, 9.17) is 10.4 Å². The fourth-order valence-corrected chi connectivity index (χ4v) is 1.67. The number of rotatable bonds is 5. The van der Waals surface area contributed by atoms with E-state index in [0.29, 0.717) is 0 Å². The molecule has 1 atom stereocenters. The molecule has 1 aromatic heterocycles. The molecule has 0 saturated heterocycles. The fraction of sp³-hybridized carbons (Fsp3) is 0.545. The number of nitriles is 1. The molecule has 5 heteroatoms. The summed E-state index contributed by atoms with van der Waals surface area (Å²) in [7, 11) is 0. The van der Waals surface area contributed by atoms with Crippen LogP contribution in [0.1, 0.15) is 32.1 Å². The predicted octanol–water partition coefficient (Wildman–Crippen LogP) is 0.897. The molecule has 0 aliphatic rings. The summed E-state index contributed by atoms with van der Waals surface area (Å²) in [5, 5.41) is 17.6. The van der Waals surface area contributed by atoms with Crippen LogP contribution in [-0.2, 0) is 17.8 Å². The van der Waals surface area contributed by atoms with E-state index >= 15 is 0 Å². The molecule has 0 saturated carbocycles. The van der Waals surface area contributed by atoms with Gasteiger partial charge >= 0.3 is 5.97 Å². The second kappa shape index (κ2) is 5.31. The zero-order valence-electron chi connectivity index (χ0n) is 9.55. The molecule has 0 aliphatic heterocycles. The third kappa shape index (κ3) is 2.60. The van der Waals surface area contributed by atoms with Crippen molar-refractivity contribution in [3.05, 3.63) is 18.2 Å². The first-order chi connectivity index (χ1) is 7.60. The third-order valence-electron chi connectivity index (χ3n) is 2.42. The Balaban J connectivity index is 3.06. The Morgan fingerprint density at radius 3 is 2.94 bits per heavy atom. The summed E-state index contributed by atoms with van der Waals surface area (Å²) >= 11 is 0. The Morgan fingerprint density at radius 1 is 1.75 bits per heavy atom. The minimum absolute atomic E-state index is 0.0551. The predicted molar refractivity (Wildman–Crippen MR) is 56.6 cm³/mol. The highest BCUT2D eigenvalue weighted by Gasteiger charge is 2.21. The summed E-state index contributed by atoms with van der Waals surface area (Å²) in [6.07, 6.45) is 5.17. The van der Waals surface area contributed by atoms with Crippen LogP contribution in [0.5, 0.6) is 0 Å². The highest BCUT2D eigenvalue weighted by atomic mass is 16.4. The normalized spacial score (nSPS) is 12.1. The molecule has 1 aromatic rings. The van der Waals surface area contributed by atoms with E-state index in [0.717, 1.165) is 18.7 Å². The average molecular weight is 222 g/mol. The van der Waals surface area contributed by atoms with Crippen molar-refractivity contribution in [1.29, 1.82) is 5.26 Å². The van der Waals surface area contributed by atoms with E-state index in [1.807, 2.05) is 11.5 Å². The second-order valence-corrected chi connectivity index (χ2v) is 3.70. The van der Waals surface area contributed by atoms with Gasteiger partial charge in [0.05, 0.1) is 0 Å². The molecule has 0 aromatic carbocycles. The Labute approximate surface area is 94.5 Å². The van der Waals surface area contributed by atoms with Crippen LogP contribution in [0, 0.1) is 11.3 Å². The maximum atomic E-state index is 10.7. The first-order valence-corrected chi connectivity index (χ1v) is 5.30. The molecule has 0 bridgehead atoms. The molecule has 86 valence electrons. The number of nitrogens with zero attached hydrogens (tertiary/aromatic N) is 3. The summed E-state index contributed by atoms with van der Waals surface area (Å²) in [5.74, 6) is 0.0173. The summed E-state index contributed by atoms with van der Waals surface area (Å²) in [6, 6.07) is 1.88. The smallest absolute Gasteiger partial charge is 0.346 e. The van der Waals surface area contributed by atoms with Gasteiger partial charge in [-0.3, -0.25) is 0 Å². The SMILES string of the molecule is CCCc1n(C(C)C#N)cc[n+]1CC(=O)O.